The summed E-state index contributed by atoms with van der Waals surface area (Å²) in [7, 11) is 1.52. The summed E-state index contributed by atoms with van der Waals surface area (Å²) >= 11 is 7.28. The Balaban J connectivity index is 1.73. The molecule has 162 valence electrons. The molecule has 3 rings (SSSR count). The quantitative estimate of drug-likeness (QED) is 0.565. The molecule has 2 aromatic rings. The number of rotatable bonds is 7. The SMILES string of the molecule is CCOC(=O)CC1=CC(SCC(=O)Nc2cc(Cl)ccc2OC)=Nc2ccccc2N1. The lowest BCUT2D eigenvalue weighted by Gasteiger charge is -2.10. The summed E-state index contributed by atoms with van der Waals surface area (Å²) < 4.78 is 10.3. The molecule has 0 fully saturated rings. The van der Waals surface area contributed by atoms with Crippen LogP contribution in [0.15, 0.2) is 59.2 Å². The van der Waals surface area contributed by atoms with Crippen LogP contribution in [0.4, 0.5) is 17.1 Å². The molecule has 9 heteroatoms. The van der Waals surface area contributed by atoms with Gasteiger partial charge in [0.2, 0.25) is 5.91 Å². The van der Waals surface area contributed by atoms with Gasteiger partial charge in [-0.2, -0.15) is 0 Å². The Labute approximate surface area is 189 Å². The van der Waals surface area contributed by atoms with E-state index in [0.717, 1.165) is 11.4 Å². The van der Waals surface area contributed by atoms with E-state index in [1.54, 1.807) is 31.2 Å². The molecule has 0 bridgehead atoms. The van der Waals surface area contributed by atoms with E-state index in [2.05, 4.69) is 15.6 Å². The molecule has 0 aromatic heterocycles. The molecular formula is C22H22ClN3O4S. The number of halogens is 1. The van der Waals surface area contributed by atoms with Gasteiger partial charge < -0.3 is 20.1 Å². The number of thioether (sulfide) groups is 1. The standard InChI is InChI=1S/C22H22ClN3O4S/c1-3-30-22(28)12-15-11-21(26-17-7-5-4-6-16(17)24-15)31-13-20(27)25-18-10-14(23)8-9-19(18)29-2/h4-11,24H,3,12-13H2,1-2H3,(H,25,27). The first-order valence-electron chi connectivity index (χ1n) is 9.55. The number of hydrogen-bond acceptors (Lipinski definition) is 7. The third-order valence-corrected chi connectivity index (χ3v) is 5.30. The van der Waals surface area contributed by atoms with Gasteiger partial charge in [0.15, 0.2) is 0 Å². The number of anilines is 2. The minimum atomic E-state index is -0.337. The monoisotopic (exact) mass is 459 g/mol. The van der Waals surface area contributed by atoms with Crippen LogP contribution >= 0.6 is 23.4 Å². The number of amides is 1. The van der Waals surface area contributed by atoms with Gasteiger partial charge >= 0.3 is 5.97 Å². The Morgan fingerprint density at radius 1 is 1.23 bits per heavy atom. The topological polar surface area (TPSA) is 89.0 Å². The summed E-state index contributed by atoms with van der Waals surface area (Å²) in [5.74, 6) is 0.0547. The number of carbonyl (C=O) groups is 2. The summed E-state index contributed by atoms with van der Waals surface area (Å²) in [6.45, 7) is 2.07. The van der Waals surface area contributed by atoms with Crippen molar-refractivity contribution in [3.63, 3.8) is 0 Å². The largest absolute Gasteiger partial charge is 0.495 e. The fourth-order valence-electron chi connectivity index (χ4n) is 2.83. The zero-order valence-electron chi connectivity index (χ0n) is 17.1. The second-order valence-electron chi connectivity index (χ2n) is 6.43. The Morgan fingerprint density at radius 2 is 2.03 bits per heavy atom. The van der Waals surface area contributed by atoms with Crippen LogP contribution in [0.5, 0.6) is 5.75 Å². The maximum absolute atomic E-state index is 12.5. The van der Waals surface area contributed by atoms with E-state index in [1.165, 1.54) is 18.9 Å². The molecule has 1 heterocycles. The predicted octanol–water partition coefficient (Wildman–Crippen LogP) is 5.01. The van der Waals surface area contributed by atoms with E-state index in [1.807, 2.05) is 24.3 Å². The van der Waals surface area contributed by atoms with E-state index < -0.39 is 0 Å². The van der Waals surface area contributed by atoms with Crippen LogP contribution < -0.4 is 15.4 Å². The lowest BCUT2D eigenvalue weighted by molar-refractivity contribution is -0.142. The van der Waals surface area contributed by atoms with Crippen LogP contribution in [0.1, 0.15) is 13.3 Å². The number of esters is 1. The highest BCUT2D eigenvalue weighted by Gasteiger charge is 2.16. The van der Waals surface area contributed by atoms with Crippen molar-refractivity contribution in [1.82, 2.24) is 0 Å². The van der Waals surface area contributed by atoms with Gasteiger partial charge in [0.1, 0.15) is 5.75 Å². The number of carbonyl (C=O) groups excluding carboxylic acids is 2. The average molecular weight is 460 g/mol. The van der Waals surface area contributed by atoms with Gasteiger partial charge in [0.25, 0.3) is 0 Å². The van der Waals surface area contributed by atoms with Crippen molar-refractivity contribution in [3.05, 3.63) is 59.3 Å². The van der Waals surface area contributed by atoms with Crippen LogP contribution in [0, 0.1) is 0 Å². The zero-order valence-corrected chi connectivity index (χ0v) is 18.7. The smallest absolute Gasteiger partial charge is 0.311 e. The van der Waals surface area contributed by atoms with Gasteiger partial charge in [-0.05, 0) is 43.3 Å². The van der Waals surface area contributed by atoms with Gasteiger partial charge in [-0.25, -0.2) is 4.99 Å². The van der Waals surface area contributed by atoms with Crippen molar-refractivity contribution in [1.29, 1.82) is 0 Å². The van der Waals surface area contributed by atoms with Crippen molar-refractivity contribution < 1.29 is 19.1 Å². The van der Waals surface area contributed by atoms with Crippen LogP contribution in [0.2, 0.25) is 5.02 Å². The van der Waals surface area contributed by atoms with Crippen LogP contribution in [0.25, 0.3) is 0 Å². The van der Waals surface area contributed by atoms with Gasteiger partial charge in [0.05, 0.1) is 48.0 Å². The van der Waals surface area contributed by atoms with Crippen molar-refractivity contribution in [2.45, 2.75) is 13.3 Å². The highest BCUT2D eigenvalue weighted by molar-refractivity contribution is 8.14. The summed E-state index contributed by atoms with van der Waals surface area (Å²) in [5.41, 5.74) is 2.64. The molecule has 31 heavy (non-hydrogen) atoms. The minimum absolute atomic E-state index is 0.0770. The number of nitrogens with zero attached hydrogens (tertiary/aromatic N) is 1. The maximum Gasteiger partial charge on any atom is 0.311 e. The zero-order chi connectivity index (χ0) is 22.2. The number of methoxy groups -OCH3 is 1. The van der Waals surface area contributed by atoms with E-state index in [4.69, 9.17) is 21.1 Å². The van der Waals surface area contributed by atoms with Gasteiger partial charge in [-0.3, -0.25) is 9.59 Å². The molecule has 1 aliphatic heterocycles. The van der Waals surface area contributed by atoms with E-state index in [0.29, 0.717) is 33.8 Å². The fourth-order valence-corrected chi connectivity index (χ4v) is 3.74. The molecular weight excluding hydrogens is 438 g/mol. The number of aliphatic imine (C=N–C) groups is 1. The van der Waals surface area contributed by atoms with Crippen molar-refractivity contribution in [3.8, 4) is 5.75 Å². The van der Waals surface area contributed by atoms with E-state index >= 15 is 0 Å². The lowest BCUT2D eigenvalue weighted by Crippen LogP contribution is -2.16. The first-order chi connectivity index (χ1) is 15.0. The van der Waals surface area contributed by atoms with Crippen molar-refractivity contribution in [2.24, 2.45) is 4.99 Å². The second-order valence-corrected chi connectivity index (χ2v) is 7.86. The number of fused-ring (bicyclic) bond motifs is 1. The predicted molar refractivity (Wildman–Crippen MR) is 126 cm³/mol. The normalized spacial score (nSPS) is 12.5. The molecule has 2 N–H and O–H groups in total. The number of para-hydroxylation sites is 2. The summed E-state index contributed by atoms with van der Waals surface area (Å²) in [6, 6.07) is 12.5. The Morgan fingerprint density at radius 3 is 2.81 bits per heavy atom. The van der Waals surface area contributed by atoms with Gasteiger partial charge in [-0.15, -0.1) is 0 Å². The Bertz CT molecular complexity index is 1040. The number of hydrogen-bond donors (Lipinski definition) is 2. The summed E-state index contributed by atoms with van der Waals surface area (Å²) in [5, 5.41) is 7.12. The molecule has 1 amide bonds. The van der Waals surface area contributed by atoms with Gasteiger partial charge in [0, 0.05) is 10.7 Å². The molecule has 0 spiro atoms. The summed E-state index contributed by atoms with van der Waals surface area (Å²) in [6.07, 6.45) is 1.84. The third kappa shape index (κ3) is 6.50. The average Bonchev–Trinajstić information content (AvgIpc) is 2.91. The molecule has 7 nitrogen and oxygen atoms in total. The van der Waals surface area contributed by atoms with E-state index in [9.17, 15) is 9.59 Å². The lowest BCUT2D eigenvalue weighted by atomic mass is 10.2. The molecule has 0 saturated heterocycles. The molecule has 2 aromatic carbocycles. The highest BCUT2D eigenvalue weighted by Crippen LogP contribution is 2.31. The Kier molecular flexibility index (Phi) is 7.97. The van der Waals surface area contributed by atoms with E-state index in [-0.39, 0.29) is 24.1 Å². The van der Waals surface area contributed by atoms with Crippen LogP contribution in [-0.2, 0) is 14.3 Å². The molecule has 1 aliphatic rings. The number of benzene rings is 2. The first-order valence-corrected chi connectivity index (χ1v) is 10.9. The fraction of sp³-hybridized carbons (Fsp3) is 0.227. The van der Waals surface area contributed by atoms with Gasteiger partial charge in [-0.1, -0.05) is 35.5 Å². The minimum Gasteiger partial charge on any atom is -0.495 e. The molecule has 0 radical (unpaired) electrons. The van der Waals surface area contributed by atoms with Crippen molar-refractivity contribution >= 4 is 57.3 Å². The molecule has 0 aliphatic carbocycles. The third-order valence-electron chi connectivity index (χ3n) is 4.15. The highest BCUT2D eigenvalue weighted by atomic mass is 35.5. The Hall–Kier alpha value is -2.97. The second kappa shape index (κ2) is 10.9. The number of ether oxygens (including phenoxy) is 2. The molecule has 0 saturated carbocycles. The summed E-state index contributed by atoms with van der Waals surface area (Å²) in [4.78, 5) is 29.1. The van der Waals surface area contributed by atoms with Crippen molar-refractivity contribution in [2.75, 3.05) is 30.1 Å². The molecule has 0 unspecified atom stereocenters. The number of nitrogens with one attached hydrogen (secondary N) is 2. The van der Waals surface area contributed by atoms with Crippen LogP contribution in [0.3, 0.4) is 0 Å². The maximum atomic E-state index is 12.5. The van der Waals surface area contributed by atoms with Crippen LogP contribution in [-0.4, -0.2) is 36.4 Å². The molecule has 0 atom stereocenters. The first kappa shape index (κ1) is 22.7.